The van der Waals surface area contributed by atoms with E-state index >= 15 is 0 Å². The predicted molar refractivity (Wildman–Crippen MR) is 85.8 cm³/mol. The summed E-state index contributed by atoms with van der Waals surface area (Å²) in [5.74, 6) is 0.0596. The Morgan fingerprint density at radius 2 is 1.78 bits per heavy atom. The number of hydrogen-bond acceptors (Lipinski definition) is 4. The molecule has 0 N–H and O–H groups in total. The lowest BCUT2D eigenvalue weighted by Gasteiger charge is -2.34. The second-order valence-electron chi connectivity index (χ2n) is 5.27. The van der Waals surface area contributed by atoms with Gasteiger partial charge in [0.1, 0.15) is 11.8 Å². The van der Waals surface area contributed by atoms with E-state index in [9.17, 15) is 9.59 Å². The van der Waals surface area contributed by atoms with Gasteiger partial charge in [-0.1, -0.05) is 18.2 Å². The normalized spacial score (nSPS) is 16.7. The smallest absolute Gasteiger partial charge is 0.329 e. The van der Waals surface area contributed by atoms with Gasteiger partial charge in [0.25, 0.3) is 5.91 Å². The summed E-state index contributed by atoms with van der Waals surface area (Å²) in [4.78, 5) is 26.6. The molecule has 1 heterocycles. The molecule has 0 saturated carbocycles. The zero-order valence-corrected chi connectivity index (χ0v) is 13.0. The standard InChI is InChI=1S/C18H17NO4/c1-22-14-9-7-13(8-10-14)19-16(18(21)23-2)11-12-5-3-4-6-15(12)17(19)20/h3-10,16H,11H2,1-2H3. The molecular weight excluding hydrogens is 294 g/mol. The van der Waals surface area contributed by atoms with Gasteiger partial charge < -0.3 is 9.47 Å². The number of amides is 1. The van der Waals surface area contributed by atoms with Crippen LogP contribution in [0.15, 0.2) is 48.5 Å². The number of hydrogen-bond donors (Lipinski definition) is 0. The summed E-state index contributed by atoms with van der Waals surface area (Å²) in [6, 6.07) is 13.7. The van der Waals surface area contributed by atoms with E-state index in [-0.39, 0.29) is 5.91 Å². The number of carbonyl (C=O) groups excluding carboxylic acids is 2. The molecule has 0 spiro atoms. The van der Waals surface area contributed by atoms with Crippen LogP contribution in [0.5, 0.6) is 5.75 Å². The van der Waals surface area contributed by atoms with Gasteiger partial charge in [-0.25, -0.2) is 4.79 Å². The summed E-state index contributed by atoms with van der Waals surface area (Å²) in [6.45, 7) is 0. The second-order valence-corrected chi connectivity index (χ2v) is 5.27. The Balaban J connectivity index is 2.06. The Morgan fingerprint density at radius 3 is 2.43 bits per heavy atom. The Labute approximate surface area is 134 Å². The van der Waals surface area contributed by atoms with E-state index in [4.69, 9.17) is 9.47 Å². The minimum Gasteiger partial charge on any atom is -0.497 e. The van der Waals surface area contributed by atoms with Crippen molar-refractivity contribution in [2.75, 3.05) is 19.1 Å². The van der Waals surface area contributed by atoms with Crippen molar-refractivity contribution in [3.63, 3.8) is 0 Å². The monoisotopic (exact) mass is 311 g/mol. The SMILES string of the molecule is COC(=O)C1Cc2ccccc2C(=O)N1c1ccc(OC)cc1. The molecule has 2 aromatic rings. The first kappa shape index (κ1) is 15.1. The summed E-state index contributed by atoms with van der Waals surface area (Å²) in [5, 5.41) is 0. The van der Waals surface area contributed by atoms with Crippen LogP contribution in [0.3, 0.4) is 0 Å². The van der Waals surface area contributed by atoms with E-state index in [1.807, 2.05) is 18.2 Å². The maximum atomic E-state index is 12.9. The summed E-state index contributed by atoms with van der Waals surface area (Å²) in [6.07, 6.45) is 0.431. The molecule has 1 unspecified atom stereocenters. The highest BCUT2D eigenvalue weighted by Crippen LogP contribution is 2.30. The average molecular weight is 311 g/mol. The van der Waals surface area contributed by atoms with E-state index in [0.717, 1.165) is 5.56 Å². The van der Waals surface area contributed by atoms with Gasteiger partial charge in [0.2, 0.25) is 0 Å². The molecule has 2 aromatic carbocycles. The maximum Gasteiger partial charge on any atom is 0.329 e. The van der Waals surface area contributed by atoms with E-state index < -0.39 is 12.0 Å². The number of esters is 1. The first-order chi connectivity index (χ1) is 11.2. The van der Waals surface area contributed by atoms with Crippen molar-refractivity contribution in [1.29, 1.82) is 0 Å². The molecule has 23 heavy (non-hydrogen) atoms. The molecule has 1 aliphatic heterocycles. The number of fused-ring (bicyclic) bond motifs is 1. The zero-order chi connectivity index (χ0) is 16.4. The Bertz CT molecular complexity index is 739. The van der Waals surface area contributed by atoms with Crippen molar-refractivity contribution in [2.24, 2.45) is 0 Å². The average Bonchev–Trinajstić information content (AvgIpc) is 2.61. The third-order valence-corrected chi connectivity index (χ3v) is 4.02. The van der Waals surface area contributed by atoms with Crippen LogP contribution >= 0.6 is 0 Å². The van der Waals surface area contributed by atoms with Gasteiger partial charge in [0.15, 0.2) is 0 Å². The van der Waals surface area contributed by atoms with Gasteiger partial charge in [-0.15, -0.1) is 0 Å². The summed E-state index contributed by atoms with van der Waals surface area (Å²) in [7, 11) is 2.91. The van der Waals surface area contributed by atoms with Crippen molar-refractivity contribution >= 4 is 17.6 Å². The molecular formula is C18H17NO4. The molecule has 0 aliphatic carbocycles. The van der Waals surface area contributed by atoms with E-state index in [0.29, 0.717) is 23.4 Å². The van der Waals surface area contributed by atoms with Gasteiger partial charge in [0, 0.05) is 17.7 Å². The van der Waals surface area contributed by atoms with Crippen LogP contribution in [-0.4, -0.2) is 32.1 Å². The molecule has 1 atom stereocenters. The fourth-order valence-electron chi connectivity index (χ4n) is 2.84. The lowest BCUT2D eigenvalue weighted by Crippen LogP contribution is -2.50. The topological polar surface area (TPSA) is 55.8 Å². The summed E-state index contributed by atoms with van der Waals surface area (Å²) >= 11 is 0. The zero-order valence-electron chi connectivity index (χ0n) is 13.0. The molecule has 0 saturated heterocycles. The number of rotatable bonds is 3. The Hall–Kier alpha value is -2.82. The molecule has 118 valence electrons. The van der Waals surface area contributed by atoms with Crippen molar-refractivity contribution in [1.82, 2.24) is 0 Å². The van der Waals surface area contributed by atoms with Crippen molar-refractivity contribution in [3.05, 3.63) is 59.7 Å². The number of anilines is 1. The third kappa shape index (κ3) is 2.65. The summed E-state index contributed by atoms with van der Waals surface area (Å²) < 4.78 is 10.0. The molecule has 0 radical (unpaired) electrons. The highest BCUT2D eigenvalue weighted by atomic mass is 16.5. The Kier molecular flexibility index (Phi) is 4.02. The van der Waals surface area contributed by atoms with Gasteiger partial charge in [-0.2, -0.15) is 0 Å². The van der Waals surface area contributed by atoms with Gasteiger partial charge in [0.05, 0.1) is 14.2 Å². The molecule has 0 fully saturated rings. The number of ether oxygens (including phenoxy) is 2. The first-order valence-corrected chi connectivity index (χ1v) is 7.29. The lowest BCUT2D eigenvalue weighted by molar-refractivity contribution is -0.142. The molecule has 3 rings (SSSR count). The minimum absolute atomic E-state index is 0.201. The van der Waals surface area contributed by atoms with E-state index in [1.165, 1.54) is 12.0 Å². The van der Waals surface area contributed by atoms with Crippen LogP contribution in [0.1, 0.15) is 15.9 Å². The van der Waals surface area contributed by atoms with Crippen LogP contribution in [-0.2, 0) is 16.0 Å². The van der Waals surface area contributed by atoms with Crippen molar-refractivity contribution in [3.8, 4) is 5.75 Å². The molecule has 5 heteroatoms. The number of nitrogens with zero attached hydrogens (tertiary/aromatic N) is 1. The van der Waals surface area contributed by atoms with Crippen LogP contribution in [0.4, 0.5) is 5.69 Å². The Morgan fingerprint density at radius 1 is 1.09 bits per heavy atom. The third-order valence-electron chi connectivity index (χ3n) is 4.02. The molecule has 5 nitrogen and oxygen atoms in total. The highest BCUT2D eigenvalue weighted by Gasteiger charge is 2.38. The molecule has 1 aliphatic rings. The summed E-state index contributed by atoms with van der Waals surface area (Å²) in [5.41, 5.74) is 2.11. The van der Waals surface area contributed by atoms with Crippen molar-refractivity contribution < 1.29 is 19.1 Å². The second kappa shape index (κ2) is 6.12. The lowest BCUT2D eigenvalue weighted by atomic mass is 9.92. The van der Waals surface area contributed by atoms with Crippen LogP contribution < -0.4 is 9.64 Å². The van der Waals surface area contributed by atoms with Crippen LogP contribution in [0.25, 0.3) is 0 Å². The number of methoxy groups -OCH3 is 2. The quantitative estimate of drug-likeness (QED) is 0.817. The van der Waals surface area contributed by atoms with E-state index in [2.05, 4.69) is 0 Å². The first-order valence-electron chi connectivity index (χ1n) is 7.29. The number of carbonyl (C=O) groups is 2. The molecule has 0 bridgehead atoms. The number of benzene rings is 2. The van der Waals surface area contributed by atoms with E-state index in [1.54, 1.807) is 37.4 Å². The largest absolute Gasteiger partial charge is 0.497 e. The van der Waals surface area contributed by atoms with Gasteiger partial charge >= 0.3 is 5.97 Å². The van der Waals surface area contributed by atoms with Crippen molar-refractivity contribution in [2.45, 2.75) is 12.5 Å². The fraction of sp³-hybridized carbons (Fsp3) is 0.222. The van der Waals surface area contributed by atoms with Crippen LogP contribution in [0, 0.1) is 0 Å². The predicted octanol–water partition coefficient (Wildman–Crippen LogP) is 2.44. The maximum absolute atomic E-state index is 12.9. The van der Waals surface area contributed by atoms with Crippen LogP contribution in [0.2, 0.25) is 0 Å². The minimum atomic E-state index is -0.671. The van der Waals surface area contributed by atoms with Gasteiger partial charge in [-0.3, -0.25) is 9.69 Å². The highest BCUT2D eigenvalue weighted by molar-refractivity contribution is 6.11. The molecule has 0 aromatic heterocycles. The fourth-order valence-corrected chi connectivity index (χ4v) is 2.84. The van der Waals surface area contributed by atoms with Gasteiger partial charge in [-0.05, 0) is 35.9 Å². The molecule has 1 amide bonds.